The SMILES string of the molecule is CC(C)(C)Oc1cc(O)c2c(=O)c3c4c(c(OC(C)(C)C)cc3oc2c1)OC(C)(C)C=C4. The van der Waals surface area contributed by atoms with Gasteiger partial charge < -0.3 is 23.7 Å². The van der Waals surface area contributed by atoms with Crippen molar-refractivity contribution in [2.75, 3.05) is 0 Å². The maximum Gasteiger partial charge on any atom is 0.205 e. The smallest absolute Gasteiger partial charge is 0.205 e. The molecule has 1 aliphatic heterocycles. The number of benzene rings is 2. The monoisotopic (exact) mass is 438 g/mol. The Morgan fingerprint density at radius 3 is 2.16 bits per heavy atom. The lowest BCUT2D eigenvalue weighted by Crippen LogP contribution is -2.30. The highest BCUT2D eigenvalue weighted by Crippen LogP contribution is 2.45. The van der Waals surface area contributed by atoms with Gasteiger partial charge in [0.15, 0.2) is 11.5 Å². The first-order chi connectivity index (χ1) is 14.6. The van der Waals surface area contributed by atoms with E-state index < -0.39 is 16.8 Å². The van der Waals surface area contributed by atoms with Crippen molar-refractivity contribution in [3.63, 3.8) is 0 Å². The first kappa shape index (κ1) is 22.1. The Morgan fingerprint density at radius 2 is 1.53 bits per heavy atom. The van der Waals surface area contributed by atoms with Crippen molar-refractivity contribution < 1.29 is 23.7 Å². The molecule has 1 aromatic heterocycles. The highest BCUT2D eigenvalue weighted by molar-refractivity contribution is 6.00. The highest BCUT2D eigenvalue weighted by Gasteiger charge is 2.30. The fourth-order valence-electron chi connectivity index (χ4n) is 3.74. The number of hydrogen-bond acceptors (Lipinski definition) is 6. The Balaban J connectivity index is 2.06. The van der Waals surface area contributed by atoms with Gasteiger partial charge in [0, 0.05) is 23.8 Å². The van der Waals surface area contributed by atoms with Crippen LogP contribution in [0.1, 0.15) is 61.0 Å². The van der Waals surface area contributed by atoms with Crippen LogP contribution in [0.15, 0.2) is 33.5 Å². The Hall–Kier alpha value is -3.15. The maximum atomic E-state index is 13.5. The molecule has 0 fully saturated rings. The Kier molecular flexibility index (Phi) is 4.77. The van der Waals surface area contributed by atoms with Crippen molar-refractivity contribution in [2.45, 2.75) is 72.2 Å². The molecule has 170 valence electrons. The van der Waals surface area contributed by atoms with Gasteiger partial charge in [0.05, 0.1) is 5.39 Å². The van der Waals surface area contributed by atoms with E-state index in [0.29, 0.717) is 33.8 Å². The van der Waals surface area contributed by atoms with E-state index in [9.17, 15) is 9.90 Å². The molecule has 4 rings (SSSR count). The predicted molar refractivity (Wildman–Crippen MR) is 126 cm³/mol. The third-order valence-electron chi connectivity index (χ3n) is 4.83. The normalized spacial score (nSPS) is 15.5. The summed E-state index contributed by atoms with van der Waals surface area (Å²) in [6, 6.07) is 4.75. The molecule has 0 bridgehead atoms. The van der Waals surface area contributed by atoms with Gasteiger partial charge in [-0.1, -0.05) is 6.08 Å². The zero-order valence-electron chi connectivity index (χ0n) is 19.9. The van der Waals surface area contributed by atoms with Crippen LogP contribution in [0.25, 0.3) is 28.0 Å². The van der Waals surface area contributed by atoms with Crippen molar-refractivity contribution in [3.8, 4) is 23.0 Å². The van der Waals surface area contributed by atoms with Gasteiger partial charge in [-0.2, -0.15) is 0 Å². The summed E-state index contributed by atoms with van der Waals surface area (Å²) >= 11 is 0. The van der Waals surface area contributed by atoms with E-state index in [2.05, 4.69) is 0 Å². The Labute approximate surface area is 187 Å². The molecule has 6 nitrogen and oxygen atoms in total. The van der Waals surface area contributed by atoms with Crippen LogP contribution in [0.3, 0.4) is 0 Å². The molecule has 0 unspecified atom stereocenters. The molecule has 0 atom stereocenters. The quantitative estimate of drug-likeness (QED) is 0.481. The van der Waals surface area contributed by atoms with Crippen LogP contribution in [-0.4, -0.2) is 21.9 Å². The molecular weight excluding hydrogens is 408 g/mol. The lowest BCUT2D eigenvalue weighted by molar-refractivity contribution is 0.106. The van der Waals surface area contributed by atoms with Gasteiger partial charge in [-0.15, -0.1) is 0 Å². The lowest BCUT2D eigenvalue weighted by atomic mass is 9.97. The van der Waals surface area contributed by atoms with Crippen LogP contribution in [0, 0.1) is 0 Å². The molecule has 0 amide bonds. The standard InChI is InChI=1S/C26H30O6/c1-24(2,3)30-14-11-16(27)21-17(12-14)29-18-13-19(31-25(4,5)6)23-15(20(18)22(21)28)9-10-26(7,8)32-23/h9-13,27H,1-8H3. The maximum absolute atomic E-state index is 13.5. The fourth-order valence-corrected chi connectivity index (χ4v) is 3.74. The average Bonchev–Trinajstić information content (AvgIpc) is 2.58. The number of ether oxygens (including phenoxy) is 3. The molecule has 0 aliphatic carbocycles. The summed E-state index contributed by atoms with van der Waals surface area (Å²) in [5, 5.41) is 11.1. The van der Waals surface area contributed by atoms with Crippen molar-refractivity contribution in [1.82, 2.24) is 0 Å². The number of hydrogen-bond donors (Lipinski definition) is 1. The fraction of sp³-hybridized carbons (Fsp3) is 0.423. The van der Waals surface area contributed by atoms with Gasteiger partial charge in [-0.05, 0) is 61.5 Å². The molecule has 1 aliphatic rings. The summed E-state index contributed by atoms with van der Waals surface area (Å²) in [4.78, 5) is 13.5. The first-order valence-electron chi connectivity index (χ1n) is 10.7. The largest absolute Gasteiger partial charge is 0.507 e. The minimum Gasteiger partial charge on any atom is -0.507 e. The van der Waals surface area contributed by atoms with Gasteiger partial charge in [0.2, 0.25) is 5.43 Å². The van der Waals surface area contributed by atoms with Gasteiger partial charge in [0.25, 0.3) is 0 Å². The van der Waals surface area contributed by atoms with Crippen molar-refractivity contribution in [3.05, 3.63) is 40.1 Å². The zero-order valence-corrected chi connectivity index (χ0v) is 19.9. The van der Waals surface area contributed by atoms with Crippen LogP contribution in [0.2, 0.25) is 0 Å². The summed E-state index contributed by atoms with van der Waals surface area (Å²) in [7, 11) is 0. The number of aromatic hydroxyl groups is 1. The minimum atomic E-state index is -0.560. The van der Waals surface area contributed by atoms with Crippen LogP contribution in [0.5, 0.6) is 23.0 Å². The first-order valence-corrected chi connectivity index (χ1v) is 10.7. The summed E-state index contributed by atoms with van der Waals surface area (Å²) < 4.78 is 24.4. The molecular formula is C26H30O6. The number of rotatable bonds is 2. The van der Waals surface area contributed by atoms with E-state index in [1.54, 1.807) is 12.1 Å². The van der Waals surface area contributed by atoms with E-state index in [-0.39, 0.29) is 22.1 Å². The molecule has 2 aromatic carbocycles. The molecule has 1 N–H and O–H groups in total. The number of phenolic OH excluding ortho intramolecular Hbond substituents is 1. The number of phenols is 1. The summed E-state index contributed by atoms with van der Waals surface area (Å²) in [5.74, 6) is 1.20. The lowest BCUT2D eigenvalue weighted by Gasteiger charge is -2.31. The molecule has 32 heavy (non-hydrogen) atoms. The van der Waals surface area contributed by atoms with E-state index >= 15 is 0 Å². The summed E-state index contributed by atoms with van der Waals surface area (Å²) in [5.41, 5.74) is -0.697. The van der Waals surface area contributed by atoms with Crippen molar-refractivity contribution >= 4 is 28.0 Å². The Morgan fingerprint density at radius 1 is 0.906 bits per heavy atom. The molecule has 0 saturated heterocycles. The second-order valence-corrected chi connectivity index (χ2v) is 10.7. The van der Waals surface area contributed by atoms with E-state index in [1.165, 1.54) is 6.07 Å². The molecule has 6 heteroatoms. The van der Waals surface area contributed by atoms with E-state index in [4.69, 9.17) is 18.6 Å². The molecule has 0 spiro atoms. The van der Waals surface area contributed by atoms with E-state index in [0.717, 1.165) is 0 Å². The zero-order chi connectivity index (χ0) is 23.6. The molecule has 2 heterocycles. The summed E-state index contributed by atoms with van der Waals surface area (Å²) in [6.45, 7) is 15.4. The third kappa shape index (κ3) is 4.14. The van der Waals surface area contributed by atoms with Crippen LogP contribution < -0.4 is 19.6 Å². The Bertz CT molecular complexity index is 1310. The molecule has 0 saturated carbocycles. The number of fused-ring (bicyclic) bond motifs is 4. The van der Waals surface area contributed by atoms with Gasteiger partial charge in [-0.25, -0.2) is 0 Å². The van der Waals surface area contributed by atoms with Gasteiger partial charge in [0.1, 0.15) is 44.9 Å². The van der Waals surface area contributed by atoms with E-state index in [1.807, 2.05) is 67.5 Å². The van der Waals surface area contributed by atoms with Crippen LogP contribution >= 0.6 is 0 Å². The van der Waals surface area contributed by atoms with Crippen LogP contribution in [0.4, 0.5) is 0 Å². The third-order valence-corrected chi connectivity index (χ3v) is 4.83. The average molecular weight is 439 g/mol. The molecule has 0 radical (unpaired) electrons. The second-order valence-electron chi connectivity index (χ2n) is 10.7. The second kappa shape index (κ2) is 6.92. The van der Waals surface area contributed by atoms with Crippen molar-refractivity contribution in [2.24, 2.45) is 0 Å². The van der Waals surface area contributed by atoms with Crippen LogP contribution in [-0.2, 0) is 0 Å². The van der Waals surface area contributed by atoms with Gasteiger partial charge >= 0.3 is 0 Å². The van der Waals surface area contributed by atoms with Crippen molar-refractivity contribution in [1.29, 1.82) is 0 Å². The minimum absolute atomic E-state index is 0.101. The predicted octanol–water partition coefficient (Wildman–Crippen LogP) is 6.19. The topological polar surface area (TPSA) is 78.1 Å². The van der Waals surface area contributed by atoms with Gasteiger partial charge in [-0.3, -0.25) is 4.79 Å². The molecule has 3 aromatic rings. The highest BCUT2D eigenvalue weighted by atomic mass is 16.5. The summed E-state index contributed by atoms with van der Waals surface area (Å²) in [6.07, 6.45) is 3.74.